The van der Waals surface area contributed by atoms with Crippen molar-refractivity contribution in [2.24, 2.45) is 11.3 Å². The molecule has 0 saturated carbocycles. The molecular weight excluding hydrogens is 318 g/mol. The number of hydrogen-bond acceptors (Lipinski definition) is 5. The molecule has 0 spiro atoms. The number of carboxylic acids is 1. The number of hydrogen-bond donors (Lipinski definition) is 1. The molecule has 0 aliphatic carbocycles. The van der Waals surface area contributed by atoms with E-state index < -0.39 is 21.4 Å². The molecule has 1 aromatic heterocycles. The maximum absolute atomic E-state index is 12.0. The molecule has 23 heavy (non-hydrogen) atoms. The molecule has 8 heteroatoms. The van der Waals surface area contributed by atoms with Gasteiger partial charge in [0.2, 0.25) is 10.0 Å². The molecule has 2 aliphatic rings. The Labute approximate surface area is 136 Å². The van der Waals surface area contributed by atoms with Gasteiger partial charge in [-0.2, -0.15) is 0 Å². The van der Waals surface area contributed by atoms with Crippen LogP contribution in [-0.4, -0.2) is 61.2 Å². The average Bonchev–Trinajstić information content (AvgIpc) is 2.76. The zero-order valence-corrected chi connectivity index (χ0v) is 13.9. The fourth-order valence-electron chi connectivity index (χ4n) is 3.76. The summed E-state index contributed by atoms with van der Waals surface area (Å²) in [4.78, 5) is 18.3. The molecule has 2 aliphatic heterocycles. The van der Waals surface area contributed by atoms with Gasteiger partial charge in [0.1, 0.15) is 5.82 Å². The van der Waals surface area contributed by atoms with Gasteiger partial charge in [0.25, 0.3) is 0 Å². The standard InChI is InChI=1S/C15H21N3O4S/c1-23(21,22)18-8-4-6-15(14(19)20)11-17(9-12(15)10-18)13-5-2-3-7-16-13/h2-3,5,7,12H,4,6,8-11H2,1H3,(H,19,20)/t12-,15+/m0/s1. The zero-order valence-electron chi connectivity index (χ0n) is 13.1. The predicted molar refractivity (Wildman–Crippen MR) is 85.7 cm³/mol. The van der Waals surface area contributed by atoms with E-state index in [4.69, 9.17) is 0 Å². The van der Waals surface area contributed by atoms with E-state index in [2.05, 4.69) is 4.98 Å². The van der Waals surface area contributed by atoms with Gasteiger partial charge in [-0.05, 0) is 25.0 Å². The number of sulfonamides is 1. The van der Waals surface area contributed by atoms with Crippen molar-refractivity contribution < 1.29 is 18.3 Å². The summed E-state index contributed by atoms with van der Waals surface area (Å²) in [5.41, 5.74) is -0.906. The number of aliphatic carboxylic acids is 1. The van der Waals surface area contributed by atoms with Crippen LogP contribution in [0.15, 0.2) is 24.4 Å². The van der Waals surface area contributed by atoms with E-state index in [1.807, 2.05) is 23.1 Å². The smallest absolute Gasteiger partial charge is 0.311 e. The molecule has 126 valence electrons. The van der Waals surface area contributed by atoms with E-state index in [0.717, 1.165) is 5.82 Å². The largest absolute Gasteiger partial charge is 0.481 e. The van der Waals surface area contributed by atoms with Crippen molar-refractivity contribution in [1.82, 2.24) is 9.29 Å². The number of aromatic nitrogens is 1. The van der Waals surface area contributed by atoms with Gasteiger partial charge in [-0.3, -0.25) is 4.79 Å². The van der Waals surface area contributed by atoms with Gasteiger partial charge < -0.3 is 10.0 Å². The maximum Gasteiger partial charge on any atom is 0.311 e. The second-order valence-corrected chi connectivity index (χ2v) is 8.43. The van der Waals surface area contributed by atoms with Crippen LogP contribution in [0, 0.1) is 11.3 Å². The molecule has 7 nitrogen and oxygen atoms in total. The SMILES string of the molecule is CS(=O)(=O)N1CCC[C@@]2(C(=O)O)CN(c3ccccn3)C[C@H]2C1. The van der Waals surface area contributed by atoms with Crippen molar-refractivity contribution in [2.45, 2.75) is 12.8 Å². The van der Waals surface area contributed by atoms with Gasteiger partial charge in [0.15, 0.2) is 0 Å². The highest BCUT2D eigenvalue weighted by atomic mass is 32.2. The summed E-state index contributed by atoms with van der Waals surface area (Å²) in [7, 11) is -3.32. The van der Waals surface area contributed by atoms with E-state index in [1.165, 1.54) is 10.6 Å². The van der Waals surface area contributed by atoms with Crippen LogP contribution in [-0.2, 0) is 14.8 Å². The lowest BCUT2D eigenvalue weighted by molar-refractivity contribution is -0.150. The number of pyridine rings is 1. The Morgan fingerprint density at radius 3 is 2.78 bits per heavy atom. The molecule has 3 rings (SSSR count). The Kier molecular flexibility index (Phi) is 4.05. The van der Waals surface area contributed by atoms with Crippen LogP contribution in [0.2, 0.25) is 0 Å². The second-order valence-electron chi connectivity index (χ2n) is 6.45. The molecule has 2 fully saturated rings. The van der Waals surface area contributed by atoms with Gasteiger partial charge in [-0.25, -0.2) is 17.7 Å². The summed E-state index contributed by atoms with van der Waals surface area (Å²) in [5.74, 6) is -0.331. The molecule has 2 atom stereocenters. The monoisotopic (exact) mass is 339 g/mol. The van der Waals surface area contributed by atoms with Crippen LogP contribution in [0.25, 0.3) is 0 Å². The Morgan fingerprint density at radius 1 is 1.39 bits per heavy atom. The maximum atomic E-state index is 12.0. The Morgan fingerprint density at radius 2 is 2.17 bits per heavy atom. The lowest BCUT2D eigenvalue weighted by Gasteiger charge is -2.28. The summed E-state index contributed by atoms with van der Waals surface area (Å²) in [5, 5.41) is 9.86. The van der Waals surface area contributed by atoms with Crippen LogP contribution in [0.4, 0.5) is 5.82 Å². The minimum absolute atomic E-state index is 0.237. The van der Waals surface area contributed by atoms with Crippen LogP contribution in [0.3, 0.4) is 0 Å². The van der Waals surface area contributed by atoms with Gasteiger partial charge in [-0.15, -0.1) is 0 Å². The van der Waals surface area contributed by atoms with Crippen LogP contribution in [0.1, 0.15) is 12.8 Å². The van der Waals surface area contributed by atoms with Crippen molar-refractivity contribution in [3.63, 3.8) is 0 Å². The highest BCUT2D eigenvalue weighted by Gasteiger charge is 2.54. The van der Waals surface area contributed by atoms with Crippen molar-refractivity contribution in [3.8, 4) is 0 Å². The van der Waals surface area contributed by atoms with Gasteiger partial charge in [0, 0.05) is 38.3 Å². The molecule has 0 aromatic carbocycles. The minimum atomic E-state index is -3.32. The third kappa shape index (κ3) is 2.92. The van der Waals surface area contributed by atoms with Gasteiger partial charge in [-0.1, -0.05) is 6.07 Å². The molecule has 0 radical (unpaired) electrons. The minimum Gasteiger partial charge on any atom is -0.481 e. The number of fused-ring (bicyclic) bond motifs is 1. The highest BCUT2D eigenvalue weighted by molar-refractivity contribution is 7.88. The van der Waals surface area contributed by atoms with E-state index in [-0.39, 0.29) is 12.5 Å². The van der Waals surface area contributed by atoms with E-state index in [9.17, 15) is 18.3 Å². The number of carbonyl (C=O) groups is 1. The van der Waals surface area contributed by atoms with Gasteiger partial charge >= 0.3 is 5.97 Å². The predicted octanol–water partition coefficient (Wildman–Crippen LogP) is 0.644. The Hall–Kier alpha value is -1.67. The van der Waals surface area contributed by atoms with Crippen LogP contribution >= 0.6 is 0 Å². The zero-order chi connectivity index (χ0) is 16.7. The van der Waals surface area contributed by atoms with Crippen molar-refractivity contribution in [1.29, 1.82) is 0 Å². The van der Waals surface area contributed by atoms with Gasteiger partial charge in [0.05, 0.1) is 11.7 Å². The van der Waals surface area contributed by atoms with Crippen molar-refractivity contribution in [3.05, 3.63) is 24.4 Å². The average molecular weight is 339 g/mol. The number of rotatable bonds is 3. The fourth-order valence-corrected chi connectivity index (χ4v) is 4.68. The molecule has 3 heterocycles. The summed E-state index contributed by atoms with van der Waals surface area (Å²) in [6.45, 7) is 1.54. The van der Waals surface area contributed by atoms with E-state index >= 15 is 0 Å². The third-order valence-electron chi connectivity index (χ3n) is 5.02. The van der Waals surface area contributed by atoms with Crippen molar-refractivity contribution >= 4 is 21.8 Å². The van der Waals surface area contributed by atoms with Crippen LogP contribution < -0.4 is 4.90 Å². The summed E-state index contributed by atoms with van der Waals surface area (Å²) in [6, 6.07) is 5.54. The first-order valence-corrected chi connectivity index (χ1v) is 9.52. The molecule has 1 aromatic rings. The highest BCUT2D eigenvalue weighted by Crippen LogP contribution is 2.44. The number of carboxylic acid groups (broad SMARTS) is 1. The molecule has 0 unspecified atom stereocenters. The molecule has 0 amide bonds. The fraction of sp³-hybridized carbons (Fsp3) is 0.600. The number of anilines is 1. The molecular formula is C15H21N3O4S. The second kappa shape index (κ2) is 5.76. The Balaban J connectivity index is 1.92. The molecule has 2 saturated heterocycles. The quantitative estimate of drug-likeness (QED) is 0.869. The lowest BCUT2D eigenvalue weighted by atomic mass is 9.75. The normalized spacial score (nSPS) is 29.1. The molecule has 0 bridgehead atoms. The molecule has 1 N–H and O–H groups in total. The summed E-state index contributed by atoms with van der Waals surface area (Å²) in [6.07, 6.45) is 3.92. The first-order chi connectivity index (χ1) is 10.8. The van der Waals surface area contributed by atoms with Crippen LogP contribution in [0.5, 0.6) is 0 Å². The first kappa shape index (κ1) is 16.2. The summed E-state index contributed by atoms with van der Waals surface area (Å²) < 4.78 is 25.2. The van der Waals surface area contributed by atoms with E-state index in [0.29, 0.717) is 32.5 Å². The van der Waals surface area contributed by atoms with Crippen molar-refractivity contribution in [2.75, 3.05) is 37.3 Å². The lowest BCUT2D eigenvalue weighted by Crippen LogP contribution is -2.42. The first-order valence-electron chi connectivity index (χ1n) is 7.67. The summed E-state index contributed by atoms with van der Waals surface area (Å²) >= 11 is 0. The topological polar surface area (TPSA) is 90.8 Å². The Bertz CT molecular complexity index is 694. The third-order valence-corrected chi connectivity index (χ3v) is 6.29. The number of nitrogens with zero attached hydrogens (tertiary/aromatic N) is 3. The van der Waals surface area contributed by atoms with E-state index in [1.54, 1.807) is 6.20 Å².